The molecule has 7 heteroatoms. The minimum absolute atomic E-state index is 0.0438. The number of rotatable bonds is 8. The number of carbonyl (C=O) groups is 2. The summed E-state index contributed by atoms with van der Waals surface area (Å²) in [6.45, 7) is 4.16. The second kappa shape index (κ2) is 10.7. The van der Waals surface area contributed by atoms with E-state index in [1.165, 1.54) is 12.1 Å². The lowest BCUT2D eigenvalue weighted by atomic mass is 10.1. The third-order valence-electron chi connectivity index (χ3n) is 5.03. The number of amides is 1. The van der Waals surface area contributed by atoms with Crippen molar-refractivity contribution < 1.29 is 23.5 Å². The van der Waals surface area contributed by atoms with Gasteiger partial charge < -0.3 is 19.7 Å². The van der Waals surface area contributed by atoms with Gasteiger partial charge in [-0.25, -0.2) is 4.39 Å². The highest BCUT2D eigenvalue weighted by atomic mass is 19.1. The van der Waals surface area contributed by atoms with Crippen molar-refractivity contribution >= 4 is 17.6 Å². The highest BCUT2D eigenvalue weighted by Crippen LogP contribution is 2.24. The summed E-state index contributed by atoms with van der Waals surface area (Å²) >= 11 is 0. The molecular weight excluding hydrogens is 387 g/mol. The van der Waals surface area contributed by atoms with Gasteiger partial charge in [-0.15, -0.1) is 0 Å². The SMILES string of the molecule is CCC1COCCN1c1cc(F)cc(C(=O)NCCC(=O)OCc2ccccc2)c1. The normalized spacial score (nSPS) is 16.2. The molecule has 1 saturated heterocycles. The van der Waals surface area contributed by atoms with Gasteiger partial charge in [-0.3, -0.25) is 9.59 Å². The van der Waals surface area contributed by atoms with Crippen LogP contribution in [0.3, 0.4) is 0 Å². The molecule has 1 unspecified atom stereocenters. The molecule has 1 aliphatic rings. The number of esters is 1. The molecule has 0 bridgehead atoms. The van der Waals surface area contributed by atoms with E-state index < -0.39 is 17.7 Å². The predicted molar refractivity (Wildman–Crippen MR) is 112 cm³/mol. The molecular formula is C23H27FN2O4. The van der Waals surface area contributed by atoms with Gasteiger partial charge >= 0.3 is 5.97 Å². The first-order valence-electron chi connectivity index (χ1n) is 10.2. The highest BCUT2D eigenvalue weighted by molar-refractivity contribution is 5.95. The molecule has 0 aromatic heterocycles. The Morgan fingerprint density at radius 2 is 2.03 bits per heavy atom. The number of hydrogen-bond donors (Lipinski definition) is 1. The van der Waals surface area contributed by atoms with Crippen LogP contribution in [-0.4, -0.2) is 44.2 Å². The molecule has 0 radical (unpaired) electrons. The fourth-order valence-electron chi connectivity index (χ4n) is 3.39. The van der Waals surface area contributed by atoms with E-state index >= 15 is 0 Å². The zero-order valence-electron chi connectivity index (χ0n) is 17.1. The van der Waals surface area contributed by atoms with Crippen LogP contribution in [0, 0.1) is 5.82 Å². The van der Waals surface area contributed by atoms with E-state index in [0.717, 1.165) is 12.0 Å². The molecule has 6 nitrogen and oxygen atoms in total. The van der Waals surface area contributed by atoms with Crippen LogP contribution >= 0.6 is 0 Å². The Morgan fingerprint density at radius 1 is 1.23 bits per heavy atom. The van der Waals surface area contributed by atoms with E-state index in [-0.39, 0.29) is 31.2 Å². The smallest absolute Gasteiger partial charge is 0.307 e. The van der Waals surface area contributed by atoms with E-state index in [9.17, 15) is 14.0 Å². The summed E-state index contributed by atoms with van der Waals surface area (Å²) in [5.74, 6) is -1.30. The Bertz CT molecular complexity index is 860. The predicted octanol–water partition coefficient (Wildman–Crippen LogP) is 3.30. The highest BCUT2D eigenvalue weighted by Gasteiger charge is 2.23. The van der Waals surface area contributed by atoms with Crippen LogP contribution in [0.2, 0.25) is 0 Å². The lowest BCUT2D eigenvalue weighted by Gasteiger charge is -2.37. The molecule has 0 spiro atoms. The Kier molecular flexibility index (Phi) is 7.79. The van der Waals surface area contributed by atoms with Crippen LogP contribution in [0.15, 0.2) is 48.5 Å². The van der Waals surface area contributed by atoms with Crippen molar-refractivity contribution in [2.24, 2.45) is 0 Å². The number of hydrogen-bond acceptors (Lipinski definition) is 5. The van der Waals surface area contributed by atoms with Crippen molar-refractivity contribution in [3.05, 3.63) is 65.5 Å². The summed E-state index contributed by atoms with van der Waals surface area (Å²) in [6, 6.07) is 13.8. The van der Waals surface area contributed by atoms with Gasteiger partial charge in [-0.05, 0) is 30.2 Å². The number of morpholine rings is 1. The van der Waals surface area contributed by atoms with Gasteiger partial charge in [0.2, 0.25) is 0 Å². The van der Waals surface area contributed by atoms with Crippen LogP contribution in [0.5, 0.6) is 0 Å². The van der Waals surface area contributed by atoms with Crippen molar-refractivity contribution in [2.75, 3.05) is 31.2 Å². The fourth-order valence-corrected chi connectivity index (χ4v) is 3.39. The van der Waals surface area contributed by atoms with Gasteiger partial charge in [0.25, 0.3) is 5.91 Å². The minimum Gasteiger partial charge on any atom is -0.461 e. The molecule has 1 atom stereocenters. The van der Waals surface area contributed by atoms with Gasteiger partial charge in [0, 0.05) is 24.3 Å². The number of nitrogens with zero attached hydrogens (tertiary/aromatic N) is 1. The molecule has 1 N–H and O–H groups in total. The van der Waals surface area contributed by atoms with E-state index in [0.29, 0.717) is 25.4 Å². The summed E-state index contributed by atoms with van der Waals surface area (Å²) in [6.07, 6.45) is 0.908. The number of carbonyl (C=O) groups excluding carboxylic acids is 2. The summed E-state index contributed by atoms with van der Waals surface area (Å²) in [5.41, 5.74) is 1.79. The Hall–Kier alpha value is -2.93. The van der Waals surface area contributed by atoms with E-state index in [1.54, 1.807) is 6.07 Å². The molecule has 0 saturated carbocycles. The standard InChI is InChI=1S/C23H27FN2O4/c1-2-20-16-29-11-10-26(20)21-13-18(12-19(24)14-21)23(28)25-9-8-22(27)30-15-17-6-4-3-5-7-17/h3-7,12-14,20H,2,8-11,15-16H2,1H3,(H,25,28). The summed E-state index contributed by atoms with van der Waals surface area (Å²) in [7, 11) is 0. The van der Waals surface area contributed by atoms with Crippen molar-refractivity contribution in [3.8, 4) is 0 Å². The largest absolute Gasteiger partial charge is 0.461 e. The molecule has 1 heterocycles. The summed E-state index contributed by atoms with van der Waals surface area (Å²) < 4.78 is 24.9. The van der Waals surface area contributed by atoms with E-state index in [1.807, 2.05) is 30.3 Å². The molecule has 1 amide bonds. The zero-order valence-corrected chi connectivity index (χ0v) is 17.1. The molecule has 1 aliphatic heterocycles. The van der Waals surface area contributed by atoms with E-state index in [2.05, 4.69) is 17.1 Å². The lowest BCUT2D eigenvalue weighted by molar-refractivity contribution is -0.144. The molecule has 30 heavy (non-hydrogen) atoms. The first kappa shape index (κ1) is 21.8. The number of anilines is 1. The van der Waals surface area contributed by atoms with Crippen LogP contribution < -0.4 is 10.2 Å². The topological polar surface area (TPSA) is 67.9 Å². The van der Waals surface area contributed by atoms with Gasteiger partial charge in [0.15, 0.2) is 0 Å². The average molecular weight is 414 g/mol. The lowest BCUT2D eigenvalue weighted by Crippen LogP contribution is -2.45. The molecule has 2 aromatic carbocycles. The Balaban J connectivity index is 1.52. The van der Waals surface area contributed by atoms with Gasteiger partial charge in [-0.1, -0.05) is 37.3 Å². The second-order valence-corrected chi connectivity index (χ2v) is 7.18. The second-order valence-electron chi connectivity index (χ2n) is 7.18. The minimum atomic E-state index is -0.471. The van der Waals surface area contributed by atoms with Gasteiger partial charge in [-0.2, -0.15) is 0 Å². The monoisotopic (exact) mass is 414 g/mol. The van der Waals surface area contributed by atoms with E-state index in [4.69, 9.17) is 9.47 Å². The third kappa shape index (κ3) is 6.03. The number of benzene rings is 2. The first-order valence-corrected chi connectivity index (χ1v) is 10.2. The number of ether oxygens (including phenoxy) is 2. The maximum atomic E-state index is 14.2. The molecule has 0 aliphatic carbocycles. The first-order chi connectivity index (χ1) is 14.6. The van der Waals surface area contributed by atoms with Crippen LogP contribution in [0.25, 0.3) is 0 Å². The van der Waals surface area contributed by atoms with Crippen molar-refractivity contribution in [3.63, 3.8) is 0 Å². The Labute approximate surface area is 176 Å². The van der Waals surface area contributed by atoms with Crippen molar-refractivity contribution in [1.82, 2.24) is 5.32 Å². The van der Waals surface area contributed by atoms with Crippen LogP contribution in [-0.2, 0) is 20.9 Å². The third-order valence-corrected chi connectivity index (χ3v) is 5.03. The zero-order chi connectivity index (χ0) is 21.3. The summed E-state index contributed by atoms with van der Waals surface area (Å²) in [4.78, 5) is 26.4. The van der Waals surface area contributed by atoms with Gasteiger partial charge in [0.1, 0.15) is 12.4 Å². The van der Waals surface area contributed by atoms with Crippen LogP contribution in [0.1, 0.15) is 35.7 Å². The number of halogens is 1. The Morgan fingerprint density at radius 3 is 2.80 bits per heavy atom. The maximum Gasteiger partial charge on any atom is 0.307 e. The molecule has 1 fully saturated rings. The van der Waals surface area contributed by atoms with Gasteiger partial charge in [0.05, 0.1) is 25.7 Å². The molecule has 2 aromatic rings. The number of nitrogens with one attached hydrogen (secondary N) is 1. The summed E-state index contributed by atoms with van der Waals surface area (Å²) in [5, 5.41) is 2.66. The van der Waals surface area contributed by atoms with Crippen molar-refractivity contribution in [2.45, 2.75) is 32.4 Å². The average Bonchev–Trinajstić information content (AvgIpc) is 2.77. The maximum absolute atomic E-state index is 14.2. The fraction of sp³-hybridized carbons (Fsp3) is 0.391. The van der Waals surface area contributed by atoms with Crippen LogP contribution in [0.4, 0.5) is 10.1 Å². The molecule has 160 valence electrons. The molecule has 3 rings (SSSR count). The van der Waals surface area contributed by atoms with Crippen molar-refractivity contribution in [1.29, 1.82) is 0 Å². The quantitative estimate of drug-likeness (QED) is 0.672.